The molecule has 7 nitrogen and oxygen atoms in total. The number of ether oxygens (including phenoxy) is 1. The van der Waals surface area contributed by atoms with E-state index in [0.717, 1.165) is 34.1 Å². The molecule has 2 N–H and O–H groups in total. The van der Waals surface area contributed by atoms with Crippen LogP contribution in [0, 0.1) is 13.8 Å². The molecule has 0 saturated carbocycles. The van der Waals surface area contributed by atoms with Crippen molar-refractivity contribution < 1.29 is 14.6 Å². The van der Waals surface area contributed by atoms with Crippen LogP contribution in [0.25, 0.3) is 5.69 Å². The zero-order valence-corrected chi connectivity index (χ0v) is 21.7. The topological polar surface area (TPSA) is 79.6 Å². The molecule has 37 heavy (non-hydrogen) atoms. The van der Waals surface area contributed by atoms with Gasteiger partial charge in [-0.1, -0.05) is 18.2 Å². The molecular formula is C29H28N4O3S. The van der Waals surface area contributed by atoms with Gasteiger partial charge in [0.25, 0.3) is 0 Å². The molecule has 8 heteroatoms. The van der Waals surface area contributed by atoms with Crippen LogP contribution in [-0.2, 0) is 0 Å². The molecule has 1 saturated heterocycles. The summed E-state index contributed by atoms with van der Waals surface area (Å²) in [6.07, 6.45) is 1.78. The third-order valence-corrected chi connectivity index (χ3v) is 7.00. The fraction of sp³-hybridized carbons (Fsp3) is 0.207. The van der Waals surface area contributed by atoms with Gasteiger partial charge in [0.05, 0.1) is 35.6 Å². The fourth-order valence-electron chi connectivity index (χ4n) is 5.13. The largest absolute Gasteiger partial charge is 0.494 e. The zero-order valence-electron chi connectivity index (χ0n) is 20.9. The van der Waals surface area contributed by atoms with Gasteiger partial charge >= 0.3 is 5.97 Å². The van der Waals surface area contributed by atoms with Crippen molar-refractivity contribution in [3.63, 3.8) is 0 Å². The first-order chi connectivity index (χ1) is 17.9. The van der Waals surface area contributed by atoms with Gasteiger partial charge in [-0.2, -0.15) is 0 Å². The number of carbonyl (C=O) groups is 1. The Kier molecular flexibility index (Phi) is 6.67. The number of hydrogen-bond acceptors (Lipinski definition) is 4. The summed E-state index contributed by atoms with van der Waals surface area (Å²) < 4.78 is 7.65. The van der Waals surface area contributed by atoms with E-state index in [4.69, 9.17) is 17.0 Å². The summed E-state index contributed by atoms with van der Waals surface area (Å²) in [7, 11) is 0. The van der Waals surface area contributed by atoms with Crippen molar-refractivity contribution >= 4 is 29.0 Å². The zero-order chi connectivity index (χ0) is 26.1. The number of aromatic nitrogens is 2. The van der Waals surface area contributed by atoms with E-state index in [0.29, 0.717) is 17.4 Å². The van der Waals surface area contributed by atoms with E-state index in [2.05, 4.69) is 21.3 Å². The van der Waals surface area contributed by atoms with Gasteiger partial charge in [-0.25, -0.2) is 4.79 Å². The number of pyridine rings is 1. The van der Waals surface area contributed by atoms with Crippen LogP contribution in [0.15, 0.2) is 79.0 Å². The van der Waals surface area contributed by atoms with Crippen LogP contribution in [-0.4, -0.2) is 32.3 Å². The highest BCUT2D eigenvalue weighted by molar-refractivity contribution is 7.80. The monoisotopic (exact) mass is 512 g/mol. The Morgan fingerprint density at radius 3 is 2.49 bits per heavy atom. The number of hydrogen-bond donors (Lipinski definition) is 2. The molecule has 1 fully saturated rings. The first kappa shape index (κ1) is 24.5. The lowest BCUT2D eigenvalue weighted by Gasteiger charge is -2.28. The predicted molar refractivity (Wildman–Crippen MR) is 148 cm³/mol. The average Bonchev–Trinajstić information content (AvgIpc) is 3.40. The van der Waals surface area contributed by atoms with Gasteiger partial charge < -0.3 is 24.6 Å². The lowest BCUT2D eigenvalue weighted by molar-refractivity contribution is 0.0697. The fourth-order valence-corrected chi connectivity index (χ4v) is 5.47. The molecule has 188 valence electrons. The predicted octanol–water partition coefficient (Wildman–Crippen LogP) is 5.76. The Morgan fingerprint density at radius 1 is 1.08 bits per heavy atom. The second-order valence-corrected chi connectivity index (χ2v) is 9.29. The number of aromatic carboxylic acids is 1. The number of benzene rings is 2. The third-order valence-electron chi connectivity index (χ3n) is 6.69. The molecule has 1 aliphatic heterocycles. The molecule has 1 aliphatic rings. The molecule has 0 unspecified atom stereocenters. The van der Waals surface area contributed by atoms with Crippen LogP contribution in [0.2, 0.25) is 0 Å². The molecule has 4 aromatic rings. The first-order valence-corrected chi connectivity index (χ1v) is 12.6. The van der Waals surface area contributed by atoms with E-state index in [1.165, 1.54) is 0 Å². The number of para-hydroxylation sites is 1. The average molecular weight is 513 g/mol. The van der Waals surface area contributed by atoms with E-state index in [1.54, 1.807) is 18.3 Å². The minimum Gasteiger partial charge on any atom is -0.494 e. The summed E-state index contributed by atoms with van der Waals surface area (Å²) >= 11 is 5.86. The lowest BCUT2D eigenvalue weighted by atomic mass is 9.96. The number of nitrogens with one attached hydrogen (secondary N) is 1. The van der Waals surface area contributed by atoms with E-state index < -0.39 is 5.97 Å². The van der Waals surface area contributed by atoms with Crippen LogP contribution in [0.5, 0.6) is 5.75 Å². The Labute approximate surface area is 221 Å². The highest BCUT2D eigenvalue weighted by Crippen LogP contribution is 2.44. The van der Waals surface area contributed by atoms with Gasteiger partial charge in [0.15, 0.2) is 5.11 Å². The highest BCUT2D eigenvalue weighted by atomic mass is 32.1. The van der Waals surface area contributed by atoms with Gasteiger partial charge in [-0.05, 0) is 93.1 Å². The number of anilines is 1. The quantitative estimate of drug-likeness (QED) is 0.305. The van der Waals surface area contributed by atoms with Crippen LogP contribution in [0.4, 0.5) is 5.69 Å². The minimum absolute atomic E-state index is 0.205. The van der Waals surface area contributed by atoms with Crippen LogP contribution in [0.1, 0.15) is 52.0 Å². The molecule has 0 aliphatic carbocycles. The number of carboxylic acids is 1. The molecule has 0 bridgehead atoms. The van der Waals surface area contributed by atoms with Crippen LogP contribution < -0.4 is 15.0 Å². The number of carboxylic acid groups (broad SMARTS) is 1. The number of rotatable bonds is 7. The van der Waals surface area contributed by atoms with Crippen molar-refractivity contribution in [1.29, 1.82) is 0 Å². The van der Waals surface area contributed by atoms with Crippen molar-refractivity contribution in [1.82, 2.24) is 14.9 Å². The maximum absolute atomic E-state index is 12.0. The van der Waals surface area contributed by atoms with Gasteiger partial charge in [0.1, 0.15) is 5.75 Å². The lowest BCUT2D eigenvalue weighted by Crippen LogP contribution is -2.29. The molecule has 0 radical (unpaired) electrons. The Balaban J connectivity index is 1.67. The molecule has 0 spiro atoms. The maximum Gasteiger partial charge on any atom is 0.337 e. The molecule has 2 aromatic carbocycles. The molecular weight excluding hydrogens is 484 g/mol. The SMILES string of the molecule is CCOc1ccc(N2C(=S)N[C@@H](c3ccccn3)[C@H]2c2cc(C)n(-c3ccccc3C(=O)O)c2C)cc1. The summed E-state index contributed by atoms with van der Waals surface area (Å²) in [5.41, 5.74) is 5.60. The van der Waals surface area contributed by atoms with Crippen molar-refractivity contribution in [3.8, 4) is 11.4 Å². The Bertz CT molecular complexity index is 1450. The van der Waals surface area contributed by atoms with Crippen molar-refractivity contribution in [2.75, 3.05) is 11.5 Å². The maximum atomic E-state index is 12.0. The second kappa shape index (κ2) is 10.1. The molecule has 3 heterocycles. The first-order valence-electron chi connectivity index (χ1n) is 12.2. The van der Waals surface area contributed by atoms with E-state index in [-0.39, 0.29) is 17.6 Å². The Hall–Kier alpha value is -4.17. The summed E-state index contributed by atoms with van der Waals surface area (Å²) in [6.45, 7) is 6.57. The van der Waals surface area contributed by atoms with Gasteiger partial charge in [-0.15, -0.1) is 0 Å². The van der Waals surface area contributed by atoms with Crippen molar-refractivity contribution in [2.24, 2.45) is 0 Å². The van der Waals surface area contributed by atoms with E-state index >= 15 is 0 Å². The number of aryl methyl sites for hydroxylation is 1. The molecule has 5 rings (SSSR count). The van der Waals surface area contributed by atoms with Crippen LogP contribution in [0.3, 0.4) is 0 Å². The standard InChI is InChI=1S/C29H28N4O3S/c1-4-36-21-14-12-20(13-15-21)33-27(26(31-29(33)37)24-10-7-8-16-30-24)23-17-18(2)32(19(23)3)25-11-6-5-9-22(25)28(34)35/h5-17,26-27H,4H2,1-3H3,(H,31,37)(H,34,35)/t26-,27+/m0/s1. The molecule has 2 atom stereocenters. The van der Waals surface area contributed by atoms with E-state index in [9.17, 15) is 9.90 Å². The van der Waals surface area contributed by atoms with E-state index in [1.807, 2.05) is 79.9 Å². The summed E-state index contributed by atoms with van der Waals surface area (Å²) in [5, 5.41) is 13.9. The van der Waals surface area contributed by atoms with Crippen LogP contribution >= 0.6 is 12.2 Å². The molecule has 2 aromatic heterocycles. The normalized spacial score (nSPS) is 17.1. The van der Waals surface area contributed by atoms with Gasteiger partial charge in [0, 0.05) is 23.3 Å². The van der Waals surface area contributed by atoms with Gasteiger partial charge in [0.2, 0.25) is 0 Å². The number of thiocarbonyl (C=S) groups is 1. The summed E-state index contributed by atoms with van der Waals surface area (Å²) in [5.74, 6) is -0.165. The minimum atomic E-state index is -0.962. The smallest absolute Gasteiger partial charge is 0.337 e. The third kappa shape index (κ3) is 4.44. The van der Waals surface area contributed by atoms with Crippen molar-refractivity contribution in [2.45, 2.75) is 32.9 Å². The number of nitrogens with zero attached hydrogens (tertiary/aromatic N) is 3. The summed E-state index contributed by atoms with van der Waals surface area (Å²) in [4.78, 5) is 18.8. The summed E-state index contributed by atoms with van der Waals surface area (Å²) in [6, 6.07) is 22.5. The highest BCUT2D eigenvalue weighted by Gasteiger charge is 2.42. The second-order valence-electron chi connectivity index (χ2n) is 8.91. The van der Waals surface area contributed by atoms with Crippen molar-refractivity contribution in [3.05, 3.63) is 107 Å². The molecule has 0 amide bonds. The Morgan fingerprint density at radius 2 is 1.81 bits per heavy atom. The van der Waals surface area contributed by atoms with Gasteiger partial charge in [-0.3, -0.25) is 4.98 Å².